The van der Waals surface area contributed by atoms with Crippen LogP contribution in [0.15, 0.2) is 72.8 Å². The second-order valence-electron chi connectivity index (χ2n) is 5.99. The van der Waals surface area contributed by atoms with Gasteiger partial charge in [0.25, 0.3) is 0 Å². The molecule has 8 heteroatoms. The fraction of sp³-hybridized carbons (Fsp3) is 0.0870. The van der Waals surface area contributed by atoms with Crippen molar-refractivity contribution in [2.45, 2.75) is 6.92 Å². The van der Waals surface area contributed by atoms with Gasteiger partial charge in [0.05, 0.1) is 11.6 Å². The zero-order valence-corrected chi connectivity index (χ0v) is 17.1. The Labute approximate surface area is 183 Å². The molecule has 0 aliphatic rings. The van der Waals surface area contributed by atoms with Gasteiger partial charge in [0.1, 0.15) is 22.6 Å². The summed E-state index contributed by atoms with van der Waals surface area (Å²) < 4.78 is 20.6. The number of halogens is 1. The van der Waals surface area contributed by atoms with Crippen molar-refractivity contribution in [3.8, 4) is 17.2 Å². The maximum Gasteiger partial charge on any atom is 0.519 e. The zero-order valence-electron chi connectivity index (χ0n) is 16.4. The summed E-state index contributed by atoms with van der Waals surface area (Å²) in [5.74, 6) is -1.42. The van der Waals surface area contributed by atoms with Crippen LogP contribution in [0.25, 0.3) is 0 Å². The highest BCUT2D eigenvalue weighted by molar-refractivity contribution is 6.32. The molecule has 0 bridgehead atoms. The van der Waals surface area contributed by atoms with Gasteiger partial charge in [0.2, 0.25) is 0 Å². The number of para-hydroxylation sites is 3. The molecule has 0 radical (unpaired) electrons. The van der Waals surface area contributed by atoms with Crippen LogP contribution in [0.1, 0.15) is 27.6 Å². The predicted octanol–water partition coefficient (Wildman–Crippen LogP) is 5.31. The maximum absolute atomic E-state index is 12.7. The lowest BCUT2D eigenvalue weighted by atomic mass is 10.2. The Balaban J connectivity index is 1.78. The molecule has 0 saturated heterocycles. The van der Waals surface area contributed by atoms with Gasteiger partial charge in [-0.3, -0.25) is 0 Å². The van der Waals surface area contributed by atoms with Crippen molar-refractivity contribution in [2.75, 3.05) is 6.61 Å². The van der Waals surface area contributed by atoms with Gasteiger partial charge < -0.3 is 18.9 Å². The molecule has 0 unspecified atom stereocenters. The van der Waals surface area contributed by atoms with E-state index in [1.165, 1.54) is 30.3 Å². The molecule has 0 fully saturated rings. The second kappa shape index (κ2) is 10.3. The quantitative estimate of drug-likeness (QED) is 0.291. The number of carbonyl (C=O) groups excluding carboxylic acids is 3. The Bertz CT molecular complexity index is 1110. The molecule has 0 N–H and O–H groups in total. The topological polar surface area (TPSA) is 88.1 Å². The normalized spacial score (nSPS) is 10.1. The summed E-state index contributed by atoms with van der Waals surface area (Å²) in [6.07, 6.45) is -1.08. The molecule has 3 aromatic rings. The average molecular weight is 441 g/mol. The van der Waals surface area contributed by atoms with Crippen LogP contribution in [0.4, 0.5) is 4.79 Å². The molecule has 3 rings (SSSR count). The minimum atomic E-state index is -1.08. The van der Waals surface area contributed by atoms with Crippen molar-refractivity contribution >= 4 is 29.7 Å². The first-order valence-corrected chi connectivity index (χ1v) is 9.59. The molecule has 0 heterocycles. The van der Waals surface area contributed by atoms with Crippen molar-refractivity contribution in [1.82, 2.24) is 0 Å². The van der Waals surface area contributed by atoms with E-state index in [0.717, 1.165) is 0 Å². The minimum Gasteiger partial charge on any atom is -0.462 e. The van der Waals surface area contributed by atoms with E-state index in [4.69, 9.17) is 30.5 Å². The van der Waals surface area contributed by atoms with Crippen molar-refractivity contribution < 1.29 is 33.3 Å². The standard InChI is InChI=1S/C23H17ClO7/c1-2-28-21(25)15-9-3-6-12-18(15)29-22(26)16-10-4-7-13-19(16)30-23(27)31-20-14-8-5-11-17(20)24/h3-14H,2H2,1H3. The molecule has 7 nitrogen and oxygen atoms in total. The monoisotopic (exact) mass is 440 g/mol. The molecule has 158 valence electrons. The van der Waals surface area contributed by atoms with E-state index in [1.54, 1.807) is 49.4 Å². The number of hydrogen-bond acceptors (Lipinski definition) is 7. The molecule has 0 saturated carbocycles. The van der Waals surface area contributed by atoms with E-state index in [2.05, 4.69) is 0 Å². The Hall–Kier alpha value is -3.84. The van der Waals surface area contributed by atoms with E-state index < -0.39 is 18.1 Å². The van der Waals surface area contributed by atoms with Gasteiger partial charge in [0.15, 0.2) is 5.75 Å². The lowest BCUT2D eigenvalue weighted by Gasteiger charge is -2.12. The van der Waals surface area contributed by atoms with E-state index in [0.29, 0.717) is 0 Å². The molecule has 0 aromatic heterocycles. The number of hydrogen-bond donors (Lipinski definition) is 0. The summed E-state index contributed by atoms with van der Waals surface area (Å²) in [5.41, 5.74) is 0.0477. The summed E-state index contributed by atoms with van der Waals surface area (Å²) in [6.45, 7) is 1.84. The summed E-state index contributed by atoms with van der Waals surface area (Å²) in [6, 6.07) is 18.5. The third-order valence-corrected chi connectivity index (χ3v) is 4.23. The molecule has 31 heavy (non-hydrogen) atoms. The fourth-order valence-corrected chi connectivity index (χ4v) is 2.71. The zero-order chi connectivity index (χ0) is 22.2. The number of esters is 2. The van der Waals surface area contributed by atoms with Crippen LogP contribution in [0.5, 0.6) is 17.2 Å². The summed E-state index contributed by atoms with van der Waals surface area (Å²) >= 11 is 5.96. The van der Waals surface area contributed by atoms with Gasteiger partial charge in [-0.05, 0) is 43.3 Å². The Morgan fingerprint density at radius 3 is 1.77 bits per heavy atom. The van der Waals surface area contributed by atoms with Gasteiger partial charge in [-0.25, -0.2) is 14.4 Å². The van der Waals surface area contributed by atoms with Crippen LogP contribution in [-0.4, -0.2) is 24.7 Å². The summed E-state index contributed by atoms with van der Waals surface area (Å²) in [5, 5.41) is 0.225. The Morgan fingerprint density at radius 2 is 1.16 bits per heavy atom. The molecule has 0 aliphatic heterocycles. The lowest BCUT2D eigenvalue weighted by molar-refractivity contribution is 0.0520. The Kier molecular flexibility index (Phi) is 7.24. The first-order chi connectivity index (χ1) is 15.0. The highest BCUT2D eigenvalue weighted by atomic mass is 35.5. The van der Waals surface area contributed by atoms with E-state index in [1.807, 2.05) is 0 Å². The highest BCUT2D eigenvalue weighted by Gasteiger charge is 2.21. The van der Waals surface area contributed by atoms with Crippen molar-refractivity contribution in [2.24, 2.45) is 0 Å². The highest BCUT2D eigenvalue weighted by Crippen LogP contribution is 2.26. The number of carbonyl (C=O) groups is 3. The molecule has 0 spiro atoms. The molecule has 3 aromatic carbocycles. The molecule has 0 atom stereocenters. The third-order valence-electron chi connectivity index (χ3n) is 3.92. The predicted molar refractivity (Wildman–Crippen MR) is 112 cm³/mol. The molecular formula is C23H17ClO7. The maximum atomic E-state index is 12.7. The van der Waals surface area contributed by atoms with Crippen LogP contribution in [0, 0.1) is 0 Å². The first-order valence-electron chi connectivity index (χ1n) is 9.21. The summed E-state index contributed by atoms with van der Waals surface area (Å²) in [7, 11) is 0. The fourth-order valence-electron chi connectivity index (χ4n) is 2.54. The van der Waals surface area contributed by atoms with Crippen molar-refractivity contribution in [3.63, 3.8) is 0 Å². The van der Waals surface area contributed by atoms with E-state index in [-0.39, 0.29) is 40.0 Å². The molecule has 0 aliphatic carbocycles. The van der Waals surface area contributed by atoms with Crippen LogP contribution in [-0.2, 0) is 4.74 Å². The number of ether oxygens (including phenoxy) is 4. The SMILES string of the molecule is CCOC(=O)c1ccccc1OC(=O)c1ccccc1OC(=O)Oc1ccccc1Cl. The molecular weight excluding hydrogens is 424 g/mol. The third kappa shape index (κ3) is 5.61. The van der Waals surface area contributed by atoms with Crippen molar-refractivity contribution in [3.05, 3.63) is 88.9 Å². The second-order valence-corrected chi connectivity index (χ2v) is 6.39. The smallest absolute Gasteiger partial charge is 0.462 e. The number of benzene rings is 3. The van der Waals surface area contributed by atoms with E-state index >= 15 is 0 Å². The van der Waals surface area contributed by atoms with Crippen molar-refractivity contribution in [1.29, 1.82) is 0 Å². The first kappa shape index (κ1) is 21.9. The average Bonchev–Trinajstić information content (AvgIpc) is 2.76. The van der Waals surface area contributed by atoms with E-state index in [9.17, 15) is 14.4 Å². The van der Waals surface area contributed by atoms with Gasteiger partial charge in [-0.15, -0.1) is 0 Å². The van der Waals surface area contributed by atoms with Gasteiger partial charge in [-0.2, -0.15) is 0 Å². The summed E-state index contributed by atoms with van der Waals surface area (Å²) in [4.78, 5) is 37.0. The van der Waals surface area contributed by atoms with Crippen LogP contribution in [0.3, 0.4) is 0 Å². The van der Waals surface area contributed by atoms with Crippen LogP contribution < -0.4 is 14.2 Å². The largest absolute Gasteiger partial charge is 0.519 e. The van der Waals surface area contributed by atoms with Gasteiger partial charge in [0, 0.05) is 0 Å². The van der Waals surface area contributed by atoms with Crippen LogP contribution >= 0.6 is 11.6 Å². The lowest BCUT2D eigenvalue weighted by Crippen LogP contribution is -2.18. The minimum absolute atomic E-state index is 0.0133. The van der Waals surface area contributed by atoms with Crippen LogP contribution in [0.2, 0.25) is 5.02 Å². The van der Waals surface area contributed by atoms with Gasteiger partial charge >= 0.3 is 18.1 Å². The number of rotatable bonds is 6. The molecule has 0 amide bonds. The van der Waals surface area contributed by atoms with Gasteiger partial charge in [-0.1, -0.05) is 48.0 Å². The Morgan fingerprint density at radius 1 is 0.677 bits per heavy atom.